The van der Waals surface area contributed by atoms with E-state index in [1.54, 1.807) is 24.7 Å². The van der Waals surface area contributed by atoms with E-state index in [0.29, 0.717) is 24.3 Å². The lowest BCUT2D eigenvalue weighted by atomic mass is 9.97. The van der Waals surface area contributed by atoms with Gasteiger partial charge < -0.3 is 15.4 Å². The second-order valence-corrected chi connectivity index (χ2v) is 10.2. The normalized spacial score (nSPS) is 14.8. The summed E-state index contributed by atoms with van der Waals surface area (Å²) >= 11 is 1.43. The maximum Gasteiger partial charge on any atom is 0.248 e. The average Bonchev–Trinajstić information content (AvgIpc) is 3.37. The number of pyridine rings is 1. The quantitative estimate of drug-likeness (QED) is 0.357. The number of carbonyl (C=O) groups is 2. The first kappa shape index (κ1) is 26.0. The molecule has 1 aromatic carbocycles. The van der Waals surface area contributed by atoms with Crippen molar-refractivity contribution in [1.82, 2.24) is 15.3 Å². The summed E-state index contributed by atoms with van der Waals surface area (Å²) in [6.45, 7) is 2.56. The molecule has 4 rings (SSSR count). The molecule has 8 heteroatoms. The maximum absolute atomic E-state index is 13.0. The lowest BCUT2D eigenvalue weighted by molar-refractivity contribution is -0.126. The number of benzene rings is 1. The highest BCUT2D eigenvalue weighted by atomic mass is 32.1. The van der Waals surface area contributed by atoms with Gasteiger partial charge in [-0.1, -0.05) is 74.3 Å². The fourth-order valence-electron chi connectivity index (χ4n) is 4.47. The van der Waals surface area contributed by atoms with Gasteiger partial charge in [-0.05, 0) is 42.0 Å². The first-order valence-corrected chi connectivity index (χ1v) is 13.6. The SMILES string of the molecule is CCCC(NC(=O)Cc1cccnc1)C(=O)Nc1ncc(-c2ccccc2COC2CCCCC2)s1. The number of carbonyl (C=O) groups excluding carboxylic acids is 2. The molecule has 1 atom stereocenters. The van der Waals surface area contributed by atoms with Crippen molar-refractivity contribution in [3.8, 4) is 10.4 Å². The Morgan fingerprint density at radius 2 is 1.94 bits per heavy atom. The number of amides is 2. The molecular formula is C28H34N4O3S. The van der Waals surface area contributed by atoms with Gasteiger partial charge >= 0.3 is 0 Å². The summed E-state index contributed by atoms with van der Waals surface area (Å²) in [5, 5.41) is 6.28. The molecule has 1 saturated carbocycles. The van der Waals surface area contributed by atoms with Gasteiger partial charge in [0.1, 0.15) is 6.04 Å². The first-order chi connectivity index (χ1) is 17.6. The van der Waals surface area contributed by atoms with E-state index in [-0.39, 0.29) is 18.2 Å². The van der Waals surface area contributed by atoms with E-state index in [9.17, 15) is 9.59 Å². The smallest absolute Gasteiger partial charge is 0.248 e. The van der Waals surface area contributed by atoms with Crippen molar-refractivity contribution >= 4 is 28.3 Å². The number of nitrogens with zero attached hydrogens (tertiary/aromatic N) is 2. The number of hydrogen-bond donors (Lipinski definition) is 2. The van der Waals surface area contributed by atoms with Crippen molar-refractivity contribution < 1.29 is 14.3 Å². The zero-order chi connectivity index (χ0) is 25.2. The minimum absolute atomic E-state index is 0.183. The number of aromatic nitrogens is 2. The minimum Gasteiger partial charge on any atom is -0.374 e. The van der Waals surface area contributed by atoms with E-state index in [2.05, 4.69) is 32.7 Å². The van der Waals surface area contributed by atoms with Crippen molar-refractivity contribution in [3.63, 3.8) is 0 Å². The molecule has 2 aromatic heterocycles. The van der Waals surface area contributed by atoms with E-state index in [4.69, 9.17) is 4.74 Å². The second-order valence-electron chi connectivity index (χ2n) is 9.19. The number of thiazole rings is 1. The van der Waals surface area contributed by atoms with Gasteiger partial charge in [0.2, 0.25) is 11.8 Å². The van der Waals surface area contributed by atoms with Crippen LogP contribution in [0.1, 0.15) is 63.0 Å². The van der Waals surface area contributed by atoms with E-state index in [0.717, 1.165) is 40.8 Å². The van der Waals surface area contributed by atoms with E-state index < -0.39 is 6.04 Å². The molecule has 0 bridgehead atoms. The fourth-order valence-corrected chi connectivity index (χ4v) is 5.35. The van der Waals surface area contributed by atoms with Crippen LogP contribution in [-0.4, -0.2) is 33.9 Å². The van der Waals surface area contributed by atoms with Gasteiger partial charge in [0.25, 0.3) is 0 Å². The van der Waals surface area contributed by atoms with Gasteiger partial charge in [-0.15, -0.1) is 0 Å². The molecular weight excluding hydrogens is 472 g/mol. The predicted molar refractivity (Wildman–Crippen MR) is 143 cm³/mol. The number of anilines is 1. The Balaban J connectivity index is 1.37. The summed E-state index contributed by atoms with van der Waals surface area (Å²) in [5.74, 6) is -0.463. The highest BCUT2D eigenvalue weighted by molar-refractivity contribution is 7.19. The third-order valence-electron chi connectivity index (χ3n) is 6.36. The van der Waals surface area contributed by atoms with Crippen LogP contribution in [0.3, 0.4) is 0 Å². The molecule has 3 aromatic rings. The molecule has 1 fully saturated rings. The van der Waals surface area contributed by atoms with E-state index in [1.807, 2.05) is 25.1 Å². The van der Waals surface area contributed by atoms with Crippen LogP contribution < -0.4 is 10.6 Å². The summed E-state index contributed by atoms with van der Waals surface area (Å²) in [6, 6.07) is 11.2. The monoisotopic (exact) mass is 506 g/mol. The average molecular weight is 507 g/mol. The lowest BCUT2D eigenvalue weighted by Gasteiger charge is -2.22. The van der Waals surface area contributed by atoms with E-state index in [1.165, 1.54) is 30.6 Å². The molecule has 1 aliphatic carbocycles. The molecule has 190 valence electrons. The van der Waals surface area contributed by atoms with Crippen LogP contribution in [0.5, 0.6) is 0 Å². The number of nitrogens with one attached hydrogen (secondary N) is 2. The lowest BCUT2D eigenvalue weighted by Crippen LogP contribution is -2.44. The van der Waals surface area contributed by atoms with E-state index >= 15 is 0 Å². The van der Waals surface area contributed by atoms with Gasteiger partial charge in [-0.2, -0.15) is 0 Å². The molecule has 7 nitrogen and oxygen atoms in total. The van der Waals surface area contributed by atoms with Crippen LogP contribution in [0.25, 0.3) is 10.4 Å². The van der Waals surface area contributed by atoms with Crippen molar-refractivity contribution in [3.05, 3.63) is 66.1 Å². The van der Waals surface area contributed by atoms with Crippen LogP contribution in [-0.2, 0) is 27.4 Å². The third kappa shape index (κ3) is 7.45. The Morgan fingerprint density at radius 3 is 2.72 bits per heavy atom. The summed E-state index contributed by atoms with van der Waals surface area (Å²) in [4.78, 5) is 35.0. The standard InChI is InChI=1S/C28H34N4O3S/c1-2-9-24(31-26(33)16-20-10-8-15-29-17-20)27(34)32-28-30-18-25(36-28)23-14-7-6-11-21(23)19-35-22-12-4-3-5-13-22/h6-8,10-11,14-15,17-18,22,24H,2-5,9,12-13,16,19H2,1H3,(H,31,33)(H,30,32,34). The Kier molecular flexibility index (Phi) is 9.58. The van der Waals surface area contributed by atoms with Crippen LogP contribution in [0.15, 0.2) is 55.0 Å². The van der Waals surface area contributed by atoms with Crippen LogP contribution in [0.4, 0.5) is 5.13 Å². The molecule has 0 radical (unpaired) electrons. The molecule has 2 amide bonds. The Hall–Kier alpha value is -3.10. The van der Waals surface area contributed by atoms with Gasteiger partial charge in [0.05, 0.1) is 24.0 Å². The van der Waals surface area contributed by atoms with Gasteiger partial charge in [-0.3, -0.25) is 14.6 Å². The molecule has 0 aliphatic heterocycles. The second kappa shape index (κ2) is 13.3. The third-order valence-corrected chi connectivity index (χ3v) is 7.31. The topological polar surface area (TPSA) is 93.2 Å². The molecule has 36 heavy (non-hydrogen) atoms. The van der Waals surface area contributed by atoms with Crippen LogP contribution in [0.2, 0.25) is 0 Å². The largest absolute Gasteiger partial charge is 0.374 e. The zero-order valence-electron chi connectivity index (χ0n) is 20.7. The molecule has 2 heterocycles. The van der Waals surface area contributed by atoms with Gasteiger partial charge in [0.15, 0.2) is 5.13 Å². The maximum atomic E-state index is 13.0. The highest BCUT2D eigenvalue weighted by Crippen LogP contribution is 2.32. The van der Waals surface area contributed by atoms with Crippen LogP contribution in [0, 0.1) is 0 Å². The van der Waals surface area contributed by atoms with Crippen molar-refractivity contribution in [2.24, 2.45) is 0 Å². The van der Waals surface area contributed by atoms with Crippen molar-refractivity contribution in [2.45, 2.75) is 77.0 Å². The molecule has 1 unspecified atom stereocenters. The summed E-state index contributed by atoms with van der Waals surface area (Å²) < 4.78 is 6.21. The molecule has 2 N–H and O–H groups in total. The number of rotatable bonds is 11. The summed E-state index contributed by atoms with van der Waals surface area (Å²) in [5.41, 5.74) is 3.00. The first-order valence-electron chi connectivity index (χ1n) is 12.8. The Labute approximate surface area is 216 Å². The van der Waals surface area contributed by atoms with Gasteiger partial charge in [-0.25, -0.2) is 4.98 Å². The molecule has 0 spiro atoms. The zero-order valence-corrected chi connectivity index (χ0v) is 21.6. The predicted octanol–water partition coefficient (Wildman–Crippen LogP) is 5.52. The minimum atomic E-state index is -0.622. The molecule has 0 saturated heterocycles. The summed E-state index contributed by atoms with van der Waals surface area (Å²) in [7, 11) is 0. The van der Waals surface area contributed by atoms with Gasteiger partial charge in [0, 0.05) is 18.6 Å². The summed E-state index contributed by atoms with van der Waals surface area (Å²) in [6.07, 6.45) is 13.0. The Morgan fingerprint density at radius 1 is 1.11 bits per heavy atom. The molecule has 1 aliphatic rings. The highest BCUT2D eigenvalue weighted by Gasteiger charge is 2.22. The fraction of sp³-hybridized carbons (Fsp3) is 0.429. The number of ether oxygens (including phenoxy) is 1. The van der Waals surface area contributed by atoms with Crippen LogP contribution >= 0.6 is 11.3 Å². The Bertz CT molecular complexity index is 1130. The van der Waals surface area contributed by atoms with Crippen molar-refractivity contribution in [1.29, 1.82) is 0 Å². The van der Waals surface area contributed by atoms with Crippen molar-refractivity contribution in [2.75, 3.05) is 5.32 Å². The number of hydrogen-bond acceptors (Lipinski definition) is 6.